The molecular formula is C18H23N3O3. The van der Waals surface area contributed by atoms with Crippen LogP contribution in [-0.2, 0) is 9.59 Å². The molecule has 0 radical (unpaired) electrons. The number of amides is 3. The minimum absolute atomic E-state index is 0.0348. The van der Waals surface area contributed by atoms with Crippen molar-refractivity contribution in [1.82, 2.24) is 15.5 Å². The summed E-state index contributed by atoms with van der Waals surface area (Å²) in [7, 11) is 0. The van der Waals surface area contributed by atoms with Crippen LogP contribution in [0.5, 0.6) is 0 Å². The Hall–Kier alpha value is -2.37. The van der Waals surface area contributed by atoms with Gasteiger partial charge in [0, 0.05) is 31.6 Å². The summed E-state index contributed by atoms with van der Waals surface area (Å²) in [6.07, 6.45) is 2.80. The molecule has 0 aromatic heterocycles. The zero-order valence-electron chi connectivity index (χ0n) is 13.7. The number of carbonyl (C=O) groups is 3. The first kappa shape index (κ1) is 16.5. The molecule has 0 unspecified atom stereocenters. The lowest BCUT2D eigenvalue weighted by molar-refractivity contribution is -0.135. The Labute approximate surface area is 141 Å². The molecule has 3 amide bonds. The van der Waals surface area contributed by atoms with Crippen molar-refractivity contribution >= 4 is 17.7 Å². The Kier molecular flexibility index (Phi) is 5.13. The number of hydrogen-bond acceptors (Lipinski definition) is 3. The summed E-state index contributed by atoms with van der Waals surface area (Å²) in [5, 5.41) is 5.71. The smallest absolute Gasteiger partial charge is 0.251 e. The monoisotopic (exact) mass is 329 g/mol. The Balaban J connectivity index is 1.41. The summed E-state index contributed by atoms with van der Waals surface area (Å²) >= 11 is 0. The van der Waals surface area contributed by atoms with E-state index in [-0.39, 0.29) is 23.8 Å². The van der Waals surface area contributed by atoms with Gasteiger partial charge in [-0.05, 0) is 37.3 Å². The van der Waals surface area contributed by atoms with Crippen molar-refractivity contribution in [2.24, 2.45) is 5.92 Å². The normalized spacial score (nSPS) is 21.4. The van der Waals surface area contributed by atoms with Crippen molar-refractivity contribution in [3.05, 3.63) is 35.9 Å². The summed E-state index contributed by atoms with van der Waals surface area (Å²) in [5.74, 6) is 0.335. The molecule has 0 bridgehead atoms. The van der Waals surface area contributed by atoms with Gasteiger partial charge in [0.2, 0.25) is 11.8 Å². The second-order valence-corrected chi connectivity index (χ2v) is 6.50. The van der Waals surface area contributed by atoms with E-state index in [0.717, 1.165) is 12.8 Å². The van der Waals surface area contributed by atoms with Crippen molar-refractivity contribution in [3.63, 3.8) is 0 Å². The minimum Gasteiger partial charge on any atom is -0.352 e. The van der Waals surface area contributed by atoms with E-state index in [1.54, 1.807) is 12.1 Å². The van der Waals surface area contributed by atoms with Gasteiger partial charge in [-0.15, -0.1) is 0 Å². The van der Waals surface area contributed by atoms with E-state index >= 15 is 0 Å². The second-order valence-electron chi connectivity index (χ2n) is 6.50. The van der Waals surface area contributed by atoms with Crippen LogP contribution in [0.1, 0.15) is 36.0 Å². The van der Waals surface area contributed by atoms with Crippen LogP contribution in [0.4, 0.5) is 0 Å². The Bertz CT molecular complexity index is 609. The van der Waals surface area contributed by atoms with Gasteiger partial charge in [0.15, 0.2) is 0 Å². The number of hydrogen-bond donors (Lipinski definition) is 2. The molecule has 6 heteroatoms. The quantitative estimate of drug-likeness (QED) is 0.863. The lowest BCUT2D eigenvalue weighted by atomic mass is 9.96. The van der Waals surface area contributed by atoms with Crippen LogP contribution in [0.15, 0.2) is 30.3 Å². The van der Waals surface area contributed by atoms with Crippen molar-refractivity contribution in [3.8, 4) is 0 Å². The third-order valence-corrected chi connectivity index (χ3v) is 4.81. The van der Waals surface area contributed by atoms with Crippen LogP contribution in [-0.4, -0.2) is 48.3 Å². The Morgan fingerprint density at radius 3 is 2.46 bits per heavy atom. The van der Waals surface area contributed by atoms with E-state index in [1.807, 2.05) is 23.1 Å². The average molecular weight is 329 g/mol. The maximum atomic E-state index is 12.3. The first-order valence-corrected chi connectivity index (χ1v) is 8.55. The molecule has 2 aliphatic rings. The summed E-state index contributed by atoms with van der Waals surface area (Å²) < 4.78 is 0. The third-order valence-electron chi connectivity index (χ3n) is 4.81. The van der Waals surface area contributed by atoms with Crippen molar-refractivity contribution < 1.29 is 14.4 Å². The number of carbonyl (C=O) groups excluding carboxylic acids is 3. The van der Waals surface area contributed by atoms with E-state index in [9.17, 15) is 14.4 Å². The molecule has 1 aromatic carbocycles. The Morgan fingerprint density at radius 1 is 1.12 bits per heavy atom. The van der Waals surface area contributed by atoms with Crippen molar-refractivity contribution in [2.45, 2.75) is 31.7 Å². The first-order chi connectivity index (χ1) is 11.6. The number of rotatable bonds is 4. The standard InChI is InChI=1S/C18H23N3O3/c22-16-7-6-15(20-16)18(24)21-10-8-13(9-11-21)12-19-17(23)14-4-2-1-3-5-14/h1-5,13,15H,6-12H2,(H,19,23)(H,20,22)/t15-/m1/s1. The largest absolute Gasteiger partial charge is 0.352 e. The molecule has 2 heterocycles. The first-order valence-electron chi connectivity index (χ1n) is 8.55. The van der Waals surface area contributed by atoms with E-state index in [0.29, 0.717) is 44.0 Å². The van der Waals surface area contributed by atoms with E-state index in [2.05, 4.69) is 10.6 Å². The van der Waals surface area contributed by atoms with Crippen LogP contribution < -0.4 is 10.6 Å². The number of piperidine rings is 1. The van der Waals surface area contributed by atoms with Gasteiger partial charge in [-0.25, -0.2) is 0 Å². The second kappa shape index (κ2) is 7.47. The fraction of sp³-hybridized carbons (Fsp3) is 0.500. The number of nitrogens with zero attached hydrogens (tertiary/aromatic N) is 1. The topological polar surface area (TPSA) is 78.5 Å². The molecule has 2 N–H and O–H groups in total. The molecule has 2 fully saturated rings. The molecular weight excluding hydrogens is 306 g/mol. The predicted octanol–water partition coefficient (Wildman–Crippen LogP) is 0.934. The van der Waals surface area contributed by atoms with Gasteiger partial charge in [-0.2, -0.15) is 0 Å². The maximum absolute atomic E-state index is 12.3. The van der Waals surface area contributed by atoms with Crippen molar-refractivity contribution in [1.29, 1.82) is 0 Å². The highest BCUT2D eigenvalue weighted by Gasteiger charge is 2.32. The molecule has 2 saturated heterocycles. The van der Waals surface area contributed by atoms with Gasteiger partial charge in [0.1, 0.15) is 6.04 Å². The van der Waals surface area contributed by atoms with E-state index in [1.165, 1.54) is 0 Å². The third kappa shape index (κ3) is 3.93. The summed E-state index contributed by atoms with van der Waals surface area (Å²) in [5.41, 5.74) is 0.669. The van der Waals surface area contributed by atoms with Crippen LogP contribution in [0.3, 0.4) is 0 Å². The molecule has 1 atom stereocenters. The highest BCUT2D eigenvalue weighted by atomic mass is 16.2. The number of nitrogens with one attached hydrogen (secondary N) is 2. The molecule has 0 spiro atoms. The summed E-state index contributed by atoms with van der Waals surface area (Å²) in [4.78, 5) is 37.5. The lowest BCUT2D eigenvalue weighted by Crippen LogP contribution is -2.48. The Morgan fingerprint density at radius 2 is 1.83 bits per heavy atom. The predicted molar refractivity (Wildman–Crippen MR) is 89.2 cm³/mol. The highest BCUT2D eigenvalue weighted by Crippen LogP contribution is 2.19. The zero-order chi connectivity index (χ0) is 16.9. The van der Waals surface area contributed by atoms with E-state index < -0.39 is 0 Å². The van der Waals surface area contributed by atoms with Crippen LogP contribution >= 0.6 is 0 Å². The molecule has 6 nitrogen and oxygen atoms in total. The number of likely N-dealkylation sites (tertiary alicyclic amines) is 1. The molecule has 24 heavy (non-hydrogen) atoms. The molecule has 128 valence electrons. The van der Waals surface area contributed by atoms with Gasteiger partial charge >= 0.3 is 0 Å². The average Bonchev–Trinajstić information content (AvgIpc) is 3.06. The van der Waals surface area contributed by atoms with Crippen LogP contribution in [0.2, 0.25) is 0 Å². The van der Waals surface area contributed by atoms with Gasteiger partial charge in [0.25, 0.3) is 5.91 Å². The molecule has 2 aliphatic heterocycles. The molecule has 1 aromatic rings. The van der Waals surface area contributed by atoms with E-state index in [4.69, 9.17) is 0 Å². The van der Waals surface area contributed by atoms with Crippen molar-refractivity contribution in [2.75, 3.05) is 19.6 Å². The fourth-order valence-corrected chi connectivity index (χ4v) is 3.31. The lowest BCUT2D eigenvalue weighted by Gasteiger charge is -2.33. The SMILES string of the molecule is O=C1CC[C@H](C(=O)N2CCC(CNC(=O)c3ccccc3)CC2)N1. The fourth-order valence-electron chi connectivity index (χ4n) is 3.31. The zero-order valence-corrected chi connectivity index (χ0v) is 13.7. The summed E-state index contributed by atoms with van der Waals surface area (Å²) in [6, 6.07) is 8.84. The van der Waals surface area contributed by atoms with Crippen LogP contribution in [0, 0.1) is 5.92 Å². The van der Waals surface area contributed by atoms with Gasteiger partial charge in [-0.1, -0.05) is 18.2 Å². The minimum atomic E-state index is -0.341. The maximum Gasteiger partial charge on any atom is 0.251 e. The molecule has 0 aliphatic carbocycles. The highest BCUT2D eigenvalue weighted by molar-refractivity contribution is 5.94. The van der Waals surface area contributed by atoms with Gasteiger partial charge in [0.05, 0.1) is 0 Å². The summed E-state index contributed by atoms with van der Waals surface area (Å²) in [6.45, 7) is 2.02. The van der Waals surface area contributed by atoms with Crippen LogP contribution in [0.25, 0.3) is 0 Å². The number of benzene rings is 1. The molecule has 3 rings (SSSR count). The van der Waals surface area contributed by atoms with Gasteiger partial charge < -0.3 is 15.5 Å². The van der Waals surface area contributed by atoms with Gasteiger partial charge in [-0.3, -0.25) is 14.4 Å². The molecule has 0 saturated carbocycles.